The van der Waals surface area contributed by atoms with Gasteiger partial charge in [-0.25, -0.2) is 0 Å². The second-order valence-electron chi connectivity index (χ2n) is 5.92. The molecule has 6 nitrogen and oxygen atoms in total. The number of hydrogen-bond acceptors (Lipinski definition) is 4. The van der Waals surface area contributed by atoms with Crippen molar-refractivity contribution in [3.05, 3.63) is 85.1 Å². The van der Waals surface area contributed by atoms with Crippen LogP contribution in [0.2, 0.25) is 0 Å². The van der Waals surface area contributed by atoms with Gasteiger partial charge in [-0.3, -0.25) is 8.95 Å². The average molecular weight is 377 g/mol. The zero-order valence-electron chi connectivity index (χ0n) is 14.1. The van der Waals surface area contributed by atoms with Crippen LogP contribution in [0.4, 0.5) is 11.5 Å². The lowest BCUT2D eigenvalue weighted by Crippen LogP contribution is -1.96. The van der Waals surface area contributed by atoms with Gasteiger partial charge >= 0.3 is 0 Å². The fourth-order valence-electron chi connectivity index (χ4n) is 2.85. The van der Waals surface area contributed by atoms with Crippen LogP contribution in [-0.4, -0.2) is 17.4 Å². The van der Waals surface area contributed by atoms with Crippen LogP contribution in [0.3, 0.4) is 0 Å². The minimum absolute atomic E-state index is 0.220. The first-order valence-corrected chi connectivity index (χ1v) is 9.61. The molecule has 2 heterocycles. The van der Waals surface area contributed by atoms with Crippen LogP contribution in [-0.2, 0) is 10.1 Å². The van der Waals surface area contributed by atoms with Gasteiger partial charge in [-0.05, 0) is 42.0 Å². The van der Waals surface area contributed by atoms with E-state index in [9.17, 15) is 13.0 Å². The Balaban J connectivity index is 1.83. The summed E-state index contributed by atoms with van der Waals surface area (Å²) in [5.74, 6) is 0.633. The molecule has 4 rings (SSSR count). The predicted molar refractivity (Wildman–Crippen MR) is 103 cm³/mol. The number of benzene rings is 2. The third kappa shape index (κ3) is 3.51. The van der Waals surface area contributed by atoms with Crippen LogP contribution in [0, 0.1) is 0 Å². The van der Waals surface area contributed by atoms with E-state index in [0.29, 0.717) is 11.5 Å². The normalized spacial score (nSPS) is 12.0. The first-order valence-electron chi connectivity index (χ1n) is 8.17. The highest BCUT2D eigenvalue weighted by Gasteiger charge is 2.12. The van der Waals surface area contributed by atoms with Gasteiger partial charge in [-0.1, -0.05) is 42.5 Å². The Morgan fingerprint density at radius 2 is 1.59 bits per heavy atom. The number of nitrogens with zero attached hydrogens (tertiary/aromatic N) is 3. The van der Waals surface area contributed by atoms with E-state index in [4.69, 9.17) is 0 Å². The molecule has 27 heavy (non-hydrogen) atoms. The van der Waals surface area contributed by atoms with Crippen molar-refractivity contribution >= 4 is 27.1 Å². The summed E-state index contributed by atoms with van der Waals surface area (Å²) >= 11 is 0. The van der Waals surface area contributed by atoms with Crippen LogP contribution in [0.1, 0.15) is 0 Å². The molecule has 2 aromatic heterocycles. The highest BCUT2D eigenvalue weighted by Crippen LogP contribution is 2.35. The third-order valence-electron chi connectivity index (χ3n) is 4.11. The molecule has 0 aliphatic carbocycles. The van der Waals surface area contributed by atoms with Crippen LogP contribution >= 0.6 is 0 Å². The summed E-state index contributed by atoms with van der Waals surface area (Å²) in [5, 5.41) is 8.56. The maximum absolute atomic E-state index is 11.3. The first-order chi connectivity index (χ1) is 13.0. The van der Waals surface area contributed by atoms with Gasteiger partial charge in [0.2, 0.25) is 0 Å². The van der Waals surface area contributed by atoms with Crippen molar-refractivity contribution < 1.29 is 13.0 Å². The summed E-state index contributed by atoms with van der Waals surface area (Å²) in [7, 11) is -4.29. The minimum atomic E-state index is -4.29. The maximum atomic E-state index is 11.3. The largest absolute Gasteiger partial charge is 0.300 e. The molecule has 0 aliphatic heterocycles. The Hall–Kier alpha value is -3.29. The van der Waals surface area contributed by atoms with E-state index in [1.807, 2.05) is 65.2 Å². The summed E-state index contributed by atoms with van der Waals surface area (Å²) in [4.78, 5) is -0.220. The Labute approximate surface area is 156 Å². The zero-order valence-corrected chi connectivity index (χ0v) is 14.9. The standard InChI is InChI=1S/C20H15N3O3S/c24-27(25,26)18-11-6-9-16(13-18)21-22-20-19(15-7-2-1-3-8-15)14-17-10-4-5-12-23(17)20/h1-14H,(H,24,25,26). The van der Waals surface area contributed by atoms with Crippen molar-refractivity contribution in [1.29, 1.82) is 0 Å². The molecule has 7 heteroatoms. The van der Waals surface area contributed by atoms with E-state index in [-0.39, 0.29) is 4.90 Å². The van der Waals surface area contributed by atoms with Crippen molar-refractivity contribution in [3.8, 4) is 11.1 Å². The number of fused-ring (bicyclic) bond motifs is 1. The molecule has 2 aromatic carbocycles. The fourth-order valence-corrected chi connectivity index (χ4v) is 3.37. The molecule has 0 bridgehead atoms. The van der Waals surface area contributed by atoms with E-state index in [0.717, 1.165) is 16.6 Å². The van der Waals surface area contributed by atoms with Gasteiger partial charge < -0.3 is 0 Å². The number of aromatic nitrogens is 1. The molecule has 4 aromatic rings. The summed E-state index contributed by atoms with van der Waals surface area (Å²) in [6, 6.07) is 23.4. The van der Waals surface area contributed by atoms with Crippen molar-refractivity contribution in [1.82, 2.24) is 4.40 Å². The van der Waals surface area contributed by atoms with Gasteiger partial charge in [0.25, 0.3) is 10.1 Å². The number of hydrogen-bond donors (Lipinski definition) is 1. The number of azo groups is 1. The Morgan fingerprint density at radius 1 is 0.815 bits per heavy atom. The molecular weight excluding hydrogens is 362 g/mol. The molecule has 0 atom stereocenters. The monoisotopic (exact) mass is 377 g/mol. The Bertz CT molecular complexity index is 1250. The Morgan fingerprint density at radius 3 is 2.37 bits per heavy atom. The third-order valence-corrected chi connectivity index (χ3v) is 4.96. The summed E-state index contributed by atoms with van der Waals surface area (Å²) < 4.78 is 33.7. The summed E-state index contributed by atoms with van der Waals surface area (Å²) in [6.45, 7) is 0. The smallest absolute Gasteiger partial charge is 0.294 e. The lowest BCUT2D eigenvalue weighted by molar-refractivity contribution is 0.483. The molecule has 134 valence electrons. The molecular formula is C20H15N3O3S. The second-order valence-corrected chi connectivity index (χ2v) is 7.34. The van der Waals surface area contributed by atoms with Crippen molar-refractivity contribution in [2.75, 3.05) is 0 Å². The van der Waals surface area contributed by atoms with E-state index < -0.39 is 10.1 Å². The zero-order chi connectivity index (χ0) is 18.9. The molecule has 0 fully saturated rings. The molecule has 0 spiro atoms. The number of rotatable bonds is 4. The van der Waals surface area contributed by atoms with Crippen molar-refractivity contribution in [3.63, 3.8) is 0 Å². The molecule has 0 radical (unpaired) electrons. The van der Waals surface area contributed by atoms with Crippen molar-refractivity contribution in [2.45, 2.75) is 4.90 Å². The van der Waals surface area contributed by atoms with Crippen LogP contribution in [0.5, 0.6) is 0 Å². The lowest BCUT2D eigenvalue weighted by atomic mass is 10.1. The van der Waals surface area contributed by atoms with Gasteiger partial charge in [0.15, 0.2) is 5.82 Å². The highest BCUT2D eigenvalue weighted by atomic mass is 32.2. The number of pyridine rings is 1. The Kier molecular flexibility index (Phi) is 4.31. The predicted octanol–water partition coefficient (Wildman–Crippen LogP) is 5.27. The quantitative estimate of drug-likeness (QED) is 0.388. The summed E-state index contributed by atoms with van der Waals surface area (Å²) in [5.41, 5.74) is 3.21. The molecule has 0 unspecified atom stereocenters. The van der Waals surface area contributed by atoms with E-state index in [2.05, 4.69) is 10.2 Å². The van der Waals surface area contributed by atoms with E-state index in [1.165, 1.54) is 18.2 Å². The molecule has 0 amide bonds. The SMILES string of the molecule is O=S(=O)(O)c1cccc(N=Nc2c(-c3ccccc3)cc3ccccn23)c1. The van der Waals surface area contributed by atoms with Gasteiger partial charge in [-0.2, -0.15) is 8.42 Å². The van der Waals surface area contributed by atoms with E-state index in [1.54, 1.807) is 6.07 Å². The van der Waals surface area contributed by atoms with Gasteiger partial charge in [0.1, 0.15) is 0 Å². The van der Waals surface area contributed by atoms with Gasteiger partial charge in [-0.15, -0.1) is 10.2 Å². The fraction of sp³-hybridized carbons (Fsp3) is 0. The molecule has 0 aliphatic rings. The molecule has 0 saturated heterocycles. The van der Waals surface area contributed by atoms with Gasteiger partial charge in [0, 0.05) is 17.3 Å². The molecule has 1 N–H and O–H groups in total. The van der Waals surface area contributed by atoms with Crippen molar-refractivity contribution in [2.24, 2.45) is 10.2 Å². The lowest BCUT2D eigenvalue weighted by Gasteiger charge is -2.02. The average Bonchev–Trinajstić information content (AvgIpc) is 3.05. The summed E-state index contributed by atoms with van der Waals surface area (Å²) in [6.07, 6.45) is 1.89. The van der Waals surface area contributed by atoms with Gasteiger partial charge in [0.05, 0.1) is 10.6 Å². The molecule has 0 saturated carbocycles. The first kappa shape index (κ1) is 17.1. The van der Waals surface area contributed by atoms with Crippen LogP contribution in [0.25, 0.3) is 16.6 Å². The maximum Gasteiger partial charge on any atom is 0.294 e. The van der Waals surface area contributed by atoms with E-state index >= 15 is 0 Å². The van der Waals surface area contributed by atoms with Crippen LogP contribution in [0.15, 0.2) is 100 Å². The topological polar surface area (TPSA) is 83.5 Å². The highest BCUT2D eigenvalue weighted by molar-refractivity contribution is 7.85. The van der Waals surface area contributed by atoms with Crippen LogP contribution < -0.4 is 0 Å². The minimum Gasteiger partial charge on any atom is -0.300 e. The second kappa shape index (κ2) is 6.79.